The average molecular weight is 497 g/mol. The van der Waals surface area contributed by atoms with Crippen LogP contribution >= 0.6 is 0 Å². The zero-order chi connectivity index (χ0) is 25.4. The topological polar surface area (TPSA) is 58.4 Å². The van der Waals surface area contributed by atoms with Crippen molar-refractivity contribution in [3.63, 3.8) is 0 Å². The van der Waals surface area contributed by atoms with Gasteiger partial charge in [0.2, 0.25) is 0 Å². The summed E-state index contributed by atoms with van der Waals surface area (Å²) in [6, 6.07) is 15.2. The highest BCUT2D eigenvalue weighted by Crippen LogP contribution is 2.41. The molecule has 0 bridgehead atoms. The first-order valence-electron chi connectivity index (χ1n) is 10.8. The Balaban J connectivity index is 1.65. The lowest BCUT2D eigenvalue weighted by atomic mass is 10.0. The highest BCUT2D eigenvalue weighted by atomic mass is 19.4. The smallest absolute Gasteiger partial charge is 0.493 e. The number of ether oxygens (including phenoxy) is 3. The lowest BCUT2D eigenvalue weighted by Crippen LogP contribution is -2.17. The Labute approximate surface area is 203 Å². The van der Waals surface area contributed by atoms with Crippen molar-refractivity contribution in [2.75, 3.05) is 14.2 Å². The first kappa shape index (κ1) is 23.4. The van der Waals surface area contributed by atoms with Gasteiger partial charge in [0.05, 0.1) is 19.7 Å². The van der Waals surface area contributed by atoms with Crippen molar-refractivity contribution in [1.29, 1.82) is 0 Å². The van der Waals surface area contributed by atoms with E-state index in [0.717, 1.165) is 22.0 Å². The predicted octanol–water partition coefficient (Wildman–Crippen LogP) is 6.31. The van der Waals surface area contributed by atoms with Gasteiger partial charge in [-0.05, 0) is 48.0 Å². The molecule has 0 spiro atoms. The fraction of sp³-hybridized carbons (Fsp3) is 0.154. The Morgan fingerprint density at radius 1 is 0.833 bits per heavy atom. The molecule has 0 amide bonds. The Morgan fingerprint density at radius 2 is 1.47 bits per heavy atom. The molecular formula is C26H19F4N3O3. The molecule has 5 rings (SSSR count). The van der Waals surface area contributed by atoms with Gasteiger partial charge in [0, 0.05) is 35.3 Å². The number of halogens is 4. The first-order chi connectivity index (χ1) is 17.3. The Hall–Kier alpha value is -4.34. The minimum Gasteiger partial charge on any atom is -0.493 e. The third kappa shape index (κ3) is 4.49. The van der Waals surface area contributed by atoms with Crippen LogP contribution in [0, 0.1) is 5.82 Å². The summed E-state index contributed by atoms with van der Waals surface area (Å²) in [5.41, 5.74) is 4.10. The van der Waals surface area contributed by atoms with Gasteiger partial charge in [-0.15, -0.1) is 23.4 Å². The van der Waals surface area contributed by atoms with Gasteiger partial charge in [-0.3, -0.25) is 0 Å². The first-order valence-corrected chi connectivity index (χ1v) is 10.8. The number of pyridine rings is 1. The molecule has 0 saturated carbocycles. The van der Waals surface area contributed by atoms with E-state index in [1.165, 1.54) is 38.5 Å². The predicted molar refractivity (Wildman–Crippen MR) is 125 cm³/mol. The van der Waals surface area contributed by atoms with Crippen LogP contribution in [-0.2, 0) is 6.54 Å². The van der Waals surface area contributed by atoms with Gasteiger partial charge >= 0.3 is 6.36 Å². The summed E-state index contributed by atoms with van der Waals surface area (Å²) >= 11 is 0. The minimum atomic E-state index is -4.76. The van der Waals surface area contributed by atoms with E-state index in [1.54, 1.807) is 36.4 Å². The number of rotatable bonds is 6. The molecule has 0 atom stereocenters. The molecule has 184 valence electrons. The number of alkyl halides is 3. The van der Waals surface area contributed by atoms with Crippen LogP contribution in [0.2, 0.25) is 0 Å². The molecule has 36 heavy (non-hydrogen) atoms. The van der Waals surface area contributed by atoms with Crippen LogP contribution in [0.15, 0.2) is 66.9 Å². The van der Waals surface area contributed by atoms with Crippen molar-refractivity contribution in [3.8, 4) is 39.8 Å². The number of fused-ring (bicyclic) bond motifs is 3. The molecule has 6 nitrogen and oxygen atoms in total. The second-order valence-electron chi connectivity index (χ2n) is 7.99. The fourth-order valence-electron chi connectivity index (χ4n) is 4.11. The SMILES string of the molecule is COc1cc2c3nnc(-c4ccc(F)cc4)c-3cn(Cc3ccc(OC(F)(F)F)cc3)c2cc1OC. The Bertz CT molecular complexity index is 1500. The van der Waals surface area contributed by atoms with Crippen LogP contribution in [0.1, 0.15) is 5.56 Å². The molecule has 3 aromatic rings. The largest absolute Gasteiger partial charge is 0.573 e. The van der Waals surface area contributed by atoms with E-state index in [9.17, 15) is 17.6 Å². The van der Waals surface area contributed by atoms with Gasteiger partial charge in [0.1, 0.15) is 23.0 Å². The van der Waals surface area contributed by atoms with Crippen molar-refractivity contribution >= 4 is 10.9 Å². The summed E-state index contributed by atoms with van der Waals surface area (Å²) in [7, 11) is 3.06. The Morgan fingerprint density at radius 3 is 2.11 bits per heavy atom. The lowest BCUT2D eigenvalue weighted by molar-refractivity contribution is -0.274. The summed E-state index contributed by atoms with van der Waals surface area (Å²) in [5.74, 6) is 0.346. The van der Waals surface area contributed by atoms with Crippen LogP contribution in [0.5, 0.6) is 17.2 Å². The molecule has 0 aromatic heterocycles. The van der Waals surface area contributed by atoms with E-state index in [1.807, 2.05) is 10.8 Å². The second-order valence-corrected chi connectivity index (χ2v) is 7.99. The van der Waals surface area contributed by atoms with Crippen molar-refractivity contribution < 1.29 is 31.8 Å². The molecule has 0 unspecified atom stereocenters. The zero-order valence-electron chi connectivity index (χ0n) is 19.1. The van der Waals surface area contributed by atoms with E-state index in [-0.39, 0.29) is 11.6 Å². The van der Waals surface area contributed by atoms with Crippen LogP contribution in [0.3, 0.4) is 0 Å². The Kier molecular flexibility index (Phi) is 5.87. The van der Waals surface area contributed by atoms with Gasteiger partial charge < -0.3 is 18.8 Å². The maximum atomic E-state index is 13.5. The number of aromatic nitrogens is 3. The summed E-state index contributed by atoms with van der Waals surface area (Å²) in [6.45, 7) is 0.322. The molecule has 2 heterocycles. The van der Waals surface area contributed by atoms with Gasteiger partial charge in [0.15, 0.2) is 11.5 Å². The molecule has 0 saturated heterocycles. The van der Waals surface area contributed by atoms with E-state index in [4.69, 9.17) is 9.47 Å². The van der Waals surface area contributed by atoms with Gasteiger partial charge in [-0.2, -0.15) is 0 Å². The summed E-state index contributed by atoms with van der Waals surface area (Å²) < 4.78 is 67.9. The molecule has 10 heteroatoms. The van der Waals surface area contributed by atoms with Crippen LogP contribution in [0.25, 0.3) is 33.4 Å². The highest BCUT2D eigenvalue weighted by molar-refractivity contribution is 5.99. The molecular weight excluding hydrogens is 478 g/mol. The molecule has 3 aromatic carbocycles. The third-order valence-corrected chi connectivity index (χ3v) is 5.74. The van der Waals surface area contributed by atoms with Crippen LogP contribution in [0.4, 0.5) is 17.6 Å². The normalized spacial score (nSPS) is 11.7. The molecule has 0 aliphatic carbocycles. The van der Waals surface area contributed by atoms with E-state index >= 15 is 0 Å². The van der Waals surface area contributed by atoms with Crippen molar-refractivity contribution in [2.24, 2.45) is 0 Å². The van der Waals surface area contributed by atoms with Gasteiger partial charge in [-0.1, -0.05) is 12.1 Å². The van der Waals surface area contributed by atoms with Crippen LogP contribution < -0.4 is 14.2 Å². The standard InChI is InChI=1S/C26H19F4N3O3/c1-34-22-11-19-21(12-23(22)35-2)33(13-15-3-9-18(10-4-15)36-26(28,29)30)14-20-24(31-32-25(19)20)16-5-7-17(27)8-6-16/h3-12,14H,13H2,1-2H3. The lowest BCUT2D eigenvalue weighted by Gasteiger charge is -2.18. The van der Waals surface area contributed by atoms with Crippen molar-refractivity contribution in [1.82, 2.24) is 14.8 Å². The van der Waals surface area contributed by atoms with Gasteiger partial charge in [0.25, 0.3) is 0 Å². The number of hydrogen-bond acceptors (Lipinski definition) is 5. The quantitative estimate of drug-likeness (QED) is 0.258. The minimum absolute atomic E-state index is 0.300. The summed E-state index contributed by atoms with van der Waals surface area (Å²) in [6.07, 6.45) is -2.90. The van der Waals surface area contributed by atoms with Crippen molar-refractivity contribution in [2.45, 2.75) is 12.9 Å². The fourth-order valence-corrected chi connectivity index (χ4v) is 4.11. The second kappa shape index (κ2) is 9.03. The monoisotopic (exact) mass is 497 g/mol. The summed E-state index contributed by atoms with van der Waals surface area (Å²) in [5, 5.41) is 9.49. The maximum absolute atomic E-state index is 13.5. The number of benzene rings is 3. The van der Waals surface area contributed by atoms with E-state index < -0.39 is 6.36 Å². The molecule has 0 N–H and O–H groups in total. The molecule has 2 aliphatic rings. The number of methoxy groups -OCH3 is 2. The molecule has 0 radical (unpaired) electrons. The molecule has 2 aliphatic heterocycles. The van der Waals surface area contributed by atoms with E-state index in [0.29, 0.717) is 35.0 Å². The summed E-state index contributed by atoms with van der Waals surface area (Å²) in [4.78, 5) is 0. The average Bonchev–Trinajstić information content (AvgIpc) is 3.28. The number of hydrogen-bond donors (Lipinski definition) is 0. The van der Waals surface area contributed by atoms with Crippen molar-refractivity contribution in [3.05, 3.63) is 78.2 Å². The molecule has 0 fully saturated rings. The highest BCUT2D eigenvalue weighted by Gasteiger charge is 2.31. The van der Waals surface area contributed by atoms with Crippen LogP contribution in [-0.4, -0.2) is 35.3 Å². The zero-order valence-corrected chi connectivity index (χ0v) is 19.1. The third-order valence-electron chi connectivity index (χ3n) is 5.74. The number of nitrogens with zero attached hydrogens (tertiary/aromatic N) is 3. The maximum Gasteiger partial charge on any atom is 0.573 e. The van der Waals surface area contributed by atoms with Gasteiger partial charge in [-0.25, -0.2) is 4.39 Å². The van der Waals surface area contributed by atoms with E-state index in [2.05, 4.69) is 14.9 Å².